The van der Waals surface area contributed by atoms with Crippen LogP contribution in [0.3, 0.4) is 0 Å². The molecule has 0 spiro atoms. The highest BCUT2D eigenvalue weighted by atomic mass is 35.5. The van der Waals surface area contributed by atoms with Gasteiger partial charge in [-0.05, 0) is 42.7 Å². The van der Waals surface area contributed by atoms with Crippen LogP contribution in [0.15, 0.2) is 64.3 Å². The van der Waals surface area contributed by atoms with Crippen LogP contribution in [0, 0.1) is 0 Å². The van der Waals surface area contributed by atoms with Crippen molar-refractivity contribution in [2.75, 3.05) is 13.1 Å². The highest BCUT2D eigenvalue weighted by Gasteiger charge is 2.33. The molecule has 0 saturated carbocycles. The topological polar surface area (TPSA) is 76.3 Å². The Labute approximate surface area is 169 Å². The van der Waals surface area contributed by atoms with Gasteiger partial charge in [-0.25, -0.2) is 13.4 Å². The van der Waals surface area contributed by atoms with Crippen LogP contribution < -0.4 is 0 Å². The zero-order valence-electron chi connectivity index (χ0n) is 15.2. The van der Waals surface area contributed by atoms with E-state index in [2.05, 4.69) is 9.97 Å². The number of hydrogen-bond acceptors (Lipinski definition) is 5. The summed E-state index contributed by atoms with van der Waals surface area (Å²) in [6, 6.07) is 10.8. The van der Waals surface area contributed by atoms with E-state index in [4.69, 9.17) is 16.0 Å². The number of nitrogens with zero attached hydrogens (tertiary/aromatic N) is 3. The van der Waals surface area contributed by atoms with Gasteiger partial charge < -0.3 is 4.42 Å². The van der Waals surface area contributed by atoms with Crippen molar-refractivity contribution in [3.8, 4) is 0 Å². The molecule has 1 atom stereocenters. The minimum absolute atomic E-state index is 0.0563. The van der Waals surface area contributed by atoms with Crippen molar-refractivity contribution in [2.24, 2.45) is 0 Å². The highest BCUT2D eigenvalue weighted by Crippen LogP contribution is 2.30. The van der Waals surface area contributed by atoms with Crippen LogP contribution in [0.2, 0.25) is 5.02 Å². The third-order valence-corrected chi connectivity index (χ3v) is 6.97. The van der Waals surface area contributed by atoms with E-state index in [1.165, 1.54) is 10.5 Å². The molecule has 1 fully saturated rings. The molecule has 3 aromatic rings. The van der Waals surface area contributed by atoms with Crippen molar-refractivity contribution in [1.82, 2.24) is 14.3 Å². The van der Waals surface area contributed by atoms with E-state index in [9.17, 15) is 8.42 Å². The van der Waals surface area contributed by atoms with Crippen molar-refractivity contribution in [2.45, 2.75) is 30.1 Å². The Hall–Kier alpha value is -2.22. The first kappa shape index (κ1) is 19.1. The fourth-order valence-corrected chi connectivity index (χ4v) is 5.02. The zero-order valence-corrected chi connectivity index (χ0v) is 16.7. The predicted molar refractivity (Wildman–Crippen MR) is 106 cm³/mol. The quantitative estimate of drug-likeness (QED) is 0.629. The van der Waals surface area contributed by atoms with E-state index in [-0.39, 0.29) is 10.8 Å². The molecule has 0 unspecified atom stereocenters. The van der Waals surface area contributed by atoms with Crippen LogP contribution in [0.4, 0.5) is 0 Å². The number of aromatic nitrogens is 2. The first-order valence-corrected chi connectivity index (χ1v) is 10.9. The molecule has 2 aromatic heterocycles. The van der Waals surface area contributed by atoms with Gasteiger partial charge in [0.05, 0.1) is 6.20 Å². The molecule has 1 aromatic carbocycles. The normalized spacial score (nSPS) is 18.2. The third kappa shape index (κ3) is 4.11. The summed E-state index contributed by atoms with van der Waals surface area (Å²) in [7, 11) is -3.56. The Bertz CT molecular complexity index is 1040. The van der Waals surface area contributed by atoms with Crippen molar-refractivity contribution in [1.29, 1.82) is 0 Å². The Kier molecular flexibility index (Phi) is 5.48. The molecule has 0 radical (unpaired) electrons. The van der Waals surface area contributed by atoms with Gasteiger partial charge in [0.15, 0.2) is 5.89 Å². The number of hydrogen-bond donors (Lipinski definition) is 0. The van der Waals surface area contributed by atoms with E-state index in [0.29, 0.717) is 30.4 Å². The lowest BCUT2D eigenvalue weighted by Crippen LogP contribution is -2.39. The minimum atomic E-state index is -3.56. The fraction of sp³-hybridized carbons (Fsp3) is 0.300. The minimum Gasteiger partial charge on any atom is -0.445 e. The molecule has 1 saturated heterocycles. The van der Waals surface area contributed by atoms with E-state index in [1.54, 1.807) is 24.5 Å². The zero-order chi connectivity index (χ0) is 19.6. The molecule has 146 valence electrons. The predicted octanol–water partition coefficient (Wildman–Crippen LogP) is 3.88. The lowest BCUT2D eigenvalue weighted by Gasteiger charge is -2.30. The number of halogens is 1. The molecule has 28 heavy (non-hydrogen) atoms. The maximum atomic E-state index is 12.9. The van der Waals surface area contributed by atoms with Crippen LogP contribution in [-0.4, -0.2) is 35.8 Å². The van der Waals surface area contributed by atoms with E-state index in [1.807, 2.05) is 24.3 Å². The van der Waals surface area contributed by atoms with Crippen LogP contribution in [-0.2, 0) is 16.4 Å². The van der Waals surface area contributed by atoms with Crippen LogP contribution >= 0.6 is 11.6 Å². The first-order valence-electron chi connectivity index (χ1n) is 9.11. The second kappa shape index (κ2) is 8.03. The summed E-state index contributed by atoms with van der Waals surface area (Å²) in [4.78, 5) is 8.56. The molecule has 6 nitrogen and oxygen atoms in total. The van der Waals surface area contributed by atoms with Crippen molar-refractivity contribution in [3.05, 3.63) is 77.2 Å². The van der Waals surface area contributed by atoms with Crippen LogP contribution in [0.5, 0.6) is 0 Å². The van der Waals surface area contributed by atoms with Crippen LogP contribution in [0.25, 0.3) is 0 Å². The highest BCUT2D eigenvalue weighted by molar-refractivity contribution is 7.89. The van der Waals surface area contributed by atoms with Gasteiger partial charge >= 0.3 is 0 Å². The molecule has 3 heterocycles. The average Bonchev–Trinajstić information content (AvgIpc) is 3.19. The van der Waals surface area contributed by atoms with Gasteiger partial charge in [0.1, 0.15) is 10.7 Å². The van der Waals surface area contributed by atoms with E-state index in [0.717, 1.165) is 24.2 Å². The maximum Gasteiger partial charge on any atom is 0.244 e. The number of sulfonamides is 1. The van der Waals surface area contributed by atoms with Gasteiger partial charge in [-0.15, -0.1) is 0 Å². The fourth-order valence-electron chi connectivity index (χ4n) is 3.41. The van der Waals surface area contributed by atoms with Gasteiger partial charge in [0, 0.05) is 42.8 Å². The summed E-state index contributed by atoms with van der Waals surface area (Å²) >= 11 is 5.92. The van der Waals surface area contributed by atoms with E-state index < -0.39 is 10.0 Å². The Morgan fingerprint density at radius 1 is 1.18 bits per heavy atom. The molecule has 8 heteroatoms. The van der Waals surface area contributed by atoms with Crippen molar-refractivity contribution < 1.29 is 12.8 Å². The SMILES string of the molecule is O=S(=O)(c1cccnc1)N1CCC[C@@H](c2ncc(Cc3ccc(Cl)cc3)o2)C1. The summed E-state index contributed by atoms with van der Waals surface area (Å²) in [5.74, 6) is 1.29. The largest absolute Gasteiger partial charge is 0.445 e. The molecule has 1 aliphatic heterocycles. The lowest BCUT2D eigenvalue weighted by atomic mass is 10.00. The smallest absolute Gasteiger partial charge is 0.244 e. The second-order valence-electron chi connectivity index (χ2n) is 6.86. The second-order valence-corrected chi connectivity index (χ2v) is 9.23. The molecular formula is C20H20ClN3O3S. The molecular weight excluding hydrogens is 398 g/mol. The molecule has 0 aliphatic carbocycles. The molecule has 0 N–H and O–H groups in total. The number of benzene rings is 1. The summed E-state index contributed by atoms with van der Waals surface area (Å²) in [5, 5.41) is 0.694. The first-order chi connectivity index (χ1) is 13.5. The van der Waals surface area contributed by atoms with Crippen molar-refractivity contribution >= 4 is 21.6 Å². The van der Waals surface area contributed by atoms with Crippen molar-refractivity contribution in [3.63, 3.8) is 0 Å². The standard InChI is InChI=1S/C20H20ClN3O3S/c21-17-7-5-15(6-8-17)11-18-12-23-20(27-18)16-3-2-10-24(14-16)28(25,26)19-4-1-9-22-13-19/h1,4-9,12-13,16H,2-3,10-11,14H2/t16-/m1/s1. The Morgan fingerprint density at radius 2 is 2.00 bits per heavy atom. The van der Waals surface area contributed by atoms with Gasteiger partial charge in [0.2, 0.25) is 10.0 Å². The molecule has 1 aliphatic rings. The summed E-state index contributed by atoms with van der Waals surface area (Å²) in [6.45, 7) is 0.851. The average molecular weight is 418 g/mol. The van der Waals surface area contributed by atoms with Crippen LogP contribution in [0.1, 0.15) is 36.0 Å². The summed E-state index contributed by atoms with van der Waals surface area (Å²) < 4.78 is 33.2. The Balaban J connectivity index is 1.48. The van der Waals surface area contributed by atoms with Gasteiger partial charge in [-0.2, -0.15) is 4.31 Å². The summed E-state index contributed by atoms with van der Waals surface area (Å²) in [5.41, 5.74) is 1.08. The van der Waals surface area contributed by atoms with E-state index >= 15 is 0 Å². The van der Waals surface area contributed by atoms with Gasteiger partial charge in [-0.3, -0.25) is 4.98 Å². The Morgan fingerprint density at radius 3 is 2.75 bits per heavy atom. The lowest BCUT2D eigenvalue weighted by molar-refractivity contribution is 0.281. The monoisotopic (exact) mass is 417 g/mol. The number of piperidine rings is 1. The maximum absolute atomic E-state index is 12.9. The summed E-state index contributed by atoms with van der Waals surface area (Å²) in [6.07, 6.45) is 6.90. The van der Waals surface area contributed by atoms with Gasteiger partial charge in [0.25, 0.3) is 0 Å². The van der Waals surface area contributed by atoms with Gasteiger partial charge in [-0.1, -0.05) is 23.7 Å². The molecule has 0 bridgehead atoms. The number of oxazole rings is 1. The number of pyridine rings is 1. The molecule has 0 amide bonds. The third-order valence-electron chi connectivity index (χ3n) is 4.87. The number of rotatable bonds is 5. The molecule has 4 rings (SSSR count).